The van der Waals surface area contributed by atoms with Gasteiger partial charge in [0.2, 0.25) is 0 Å². The molecule has 0 saturated carbocycles. The number of carbonyl (C=O) groups is 2. The third-order valence-corrected chi connectivity index (χ3v) is 6.05. The van der Waals surface area contributed by atoms with E-state index in [-0.39, 0.29) is 25.0 Å². The molecule has 0 aliphatic carbocycles. The van der Waals surface area contributed by atoms with Crippen LogP contribution in [0.5, 0.6) is 11.5 Å². The summed E-state index contributed by atoms with van der Waals surface area (Å²) in [4.78, 5) is 24.3. The molecular formula is C30H44N2O4. The summed E-state index contributed by atoms with van der Waals surface area (Å²) >= 11 is 0. The van der Waals surface area contributed by atoms with Crippen LogP contribution in [0.15, 0.2) is 36.4 Å². The third-order valence-electron chi connectivity index (χ3n) is 6.05. The van der Waals surface area contributed by atoms with Gasteiger partial charge in [-0.05, 0) is 72.9 Å². The van der Waals surface area contributed by atoms with Gasteiger partial charge < -0.3 is 20.1 Å². The van der Waals surface area contributed by atoms with Crippen molar-refractivity contribution >= 4 is 11.8 Å². The number of hydrogen-bond acceptors (Lipinski definition) is 4. The van der Waals surface area contributed by atoms with Crippen LogP contribution in [0.1, 0.15) is 87.5 Å². The molecule has 0 spiro atoms. The number of hydrogen-bond donors (Lipinski definition) is 2. The minimum atomic E-state index is -0.104. The number of nitrogens with one attached hydrogen (secondary N) is 2. The highest BCUT2D eigenvalue weighted by atomic mass is 16.5. The lowest BCUT2D eigenvalue weighted by Crippen LogP contribution is -2.30. The maximum Gasteiger partial charge on any atom is 0.257 e. The molecule has 6 nitrogen and oxygen atoms in total. The predicted octanol–water partition coefficient (Wildman–Crippen LogP) is 5.80. The van der Waals surface area contributed by atoms with Gasteiger partial charge in [-0.2, -0.15) is 0 Å². The van der Waals surface area contributed by atoms with Crippen LogP contribution in [0.25, 0.3) is 0 Å². The molecule has 0 atom stereocenters. The lowest BCUT2D eigenvalue weighted by Gasteiger charge is -2.15. The standard InChI is InChI=1S/C30H44N2O4/c1-21(2)25-13-11-23(5)17-27(25)35-19-29(33)31-15-9-7-8-10-16-32-30(34)20-36-28-18-24(6)12-14-26(28)22(3)4/h11-14,17-18,21-22H,7-10,15-16,19-20H2,1-6H3,(H,31,33)(H,32,34). The second-order valence-corrected chi connectivity index (χ2v) is 10.1. The van der Waals surface area contributed by atoms with E-state index in [1.165, 1.54) is 0 Å². The Bertz CT molecular complexity index is 905. The maximum absolute atomic E-state index is 12.1. The fourth-order valence-corrected chi connectivity index (χ4v) is 3.93. The monoisotopic (exact) mass is 496 g/mol. The SMILES string of the molecule is Cc1ccc(C(C)C)c(OCC(=O)NCCCCCCNC(=O)COc2cc(C)ccc2C(C)C)c1. The molecule has 2 amide bonds. The van der Waals surface area contributed by atoms with E-state index in [1.54, 1.807) is 0 Å². The molecule has 0 aliphatic rings. The molecule has 0 aliphatic heterocycles. The van der Waals surface area contributed by atoms with Gasteiger partial charge >= 0.3 is 0 Å². The minimum absolute atomic E-state index is 0.0263. The highest BCUT2D eigenvalue weighted by molar-refractivity contribution is 5.77. The van der Waals surface area contributed by atoms with Crippen molar-refractivity contribution in [1.82, 2.24) is 10.6 Å². The summed E-state index contributed by atoms with van der Waals surface area (Å²) in [6.07, 6.45) is 3.78. The number of rotatable bonds is 15. The fourth-order valence-electron chi connectivity index (χ4n) is 3.93. The summed E-state index contributed by atoms with van der Waals surface area (Å²) < 4.78 is 11.6. The Hall–Kier alpha value is -3.02. The summed E-state index contributed by atoms with van der Waals surface area (Å²) in [7, 11) is 0. The lowest BCUT2D eigenvalue weighted by molar-refractivity contribution is -0.123. The first-order valence-electron chi connectivity index (χ1n) is 13.2. The van der Waals surface area contributed by atoms with Crippen molar-refractivity contribution in [3.63, 3.8) is 0 Å². The number of aryl methyl sites for hydroxylation is 2. The Morgan fingerprint density at radius 2 is 1.06 bits per heavy atom. The number of carbonyl (C=O) groups excluding carboxylic acids is 2. The van der Waals surface area contributed by atoms with Gasteiger partial charge in [-0.3, -0.25) is 9.59 Å². The molecule has 0 aromatic heterocycles. The van der Waals surface area contributed by atoms with Gasteiger partial charge in [-0.1, -0.05) is 64.8 Å². The summed E-state index contributed by atoms with van der Waals surface area (Å²) in [5, 5.41) is 5.85. The summed E-state index contributed by atoms with van der Waals surface area (Å²) in [6.45, 7) is 13.8. The van der Waals surface area contributed by atoms with Crippen molar-refractivity contribution in [3.05, 3.63) is 58.7 Å². The zero-order chi connectivity index (χ0) is 26.5. The summed E-state index contributed by atoms with van der Waals surface area (Å²) in [5.41, 5.74) is 4.46. The average molecular weight is 497 g/mol. The lowest BCUT2D eigenvalue weighted by atomic mass is 10.0. The Morgan fingerprint density at radius 3 is 1.42 bits per heavy atom. The first-order chi connectivity index (χ1) is 17.2. The van der Waals surface area contributed by atoms with Crippen molar-refractivity contribution in [1.29, 1.82) is 0 Å². The number of amides is 2. The summed E-state index contributed by atoms with van der Waals surface area (Å²) in [6, 6.07) is 12.2. The van der Waals surface area contributed by atoms with E-state index < -0.39 is 0 Å². The largest absolute Gasteiger partial charge is 0.483 e. The van der Waals surface area contributed by atoms with E-state index >= 15 is 0 Å². The first-order valence-corrected chi connectivity index (χ1v) is 13.2. The van der Waals surface area contributed by atoms with E-state index in [4.69, 9.17) is 9.47 Å². The Balaban J connectivity index is 1.54. The van der Waals surface area contributed by atoms with Crippen LogP contribution < -0.4 is 20.1 Å². The predicted molar refractivity (Wildman–Crippen MR) is 146 cm³/mol. The molecule has 2 aromatic rings. The van der Waals surface area contributed by atoms with Crippen LogP contribution in [-0.4, -0.2) is 38.1 Å². The quantitative estimate of drug-likeness (QED) is 0.306. The average Bonchev–Trinajstić information content (AvgIpc) is 2.82. The van der Waals surface area contributed by atoms with Gasteiger partial charge in [-0.15, -0.1) is 0 Å². The van der Waals surface area contributed by atoms with Crippen LogP contribution >= 0.6 is 0 Å². The topological polar surface area (TPSA) is 76.7 Å². The molecule has 198 valence electrons. The number of ether oxygens (including phenoxy) is 2. The number of unbranched alkanes of at least 4 members (excludes halogenated alkanes) is 3. The molecular weight excluding hydrogens is 452 g/mol. The van der Waals surface area contributed by atoms with Gasteiger partial charge in [0.25, 0.3) is 11.8 Å². The van der Waals surface area contributed by atoms with E-state index in [9.17, 15) is 9.59 Å². The summed E-state index contributed by atoms with van der Waals surface area (Å²) in [5.74, 6) is 2.04. The van der Waals surface area contributed by atoms with Crippen molar-refractivity contribution in [2.24, 2.45) is 0 Å². The van der Waals surface area contributed by atoms with Gasteiger partial charge in [0.1, 0.15) is 11.5 Å². The van der Waals surface area contributed by atoms with Crippen LogP contribution in [0.3, 0.4) is 0 Å². The maximum atomic E-state index is 12.1. The smallest absolute Gasteiger partial charge is 0.257 e. The van der Waals surface area contributed by atoms with E-state index in [2.05, 4.69) is 62.6 Å². The second kappa shape index (κ2) is 15.2. The Labute approximate surface area is 217 Å². The van der Waals surface area contributed by atoms with Crippen LogP contribution in [0.4, 0.5) is 0 Å². The Morgan fingerprint density at radius 1 is 0.667 bits per heavy atom. The molecule has 2 N–H and O–H groups in total. The van der Waals surface area contributed by atoms with E-state index in [0.717, 1.165) is 59.4 Å². The van der Waals surface area contributed by atoms with Crippen molar-refractivity contribution in [2.45, 2.75) is 79.1 Å². The third kappa shape index (κ3) is 10.3. The van der Waals surface area contributed by atoms with E-state index in [1.807, 2.05) is 26.0 Å². The van der Waals surface area contributed by atoms with Crippen molar-refractivity contribution in [2.75, 3.05) is 26.3 Å². The molecule has 2 aromatic carbocycles. The molecule has 0 bridgehead atoms. The second-order valence-electron chi connectivity index (χ2n) is 10.1. The highest BCUT2D eigenvalue weighted by Crippen LogP contribution is 2.28. The minimum Gasteiger partial charge on any atom is -0.483 e. The van der Waals surface area contributed by atoms with Gasteiger partial charge in [0.15, 0.2) is 13.2 Å². The van der Waals surface area contributed by atoms with Crippen LogP contribution in [0, 0.1) is 13.8 Å². The zero-order valence-electron chi connectivity index (χ0n) is 22.9. The molecule has 36 heavy (non-hydrogen) atoms. The normalized spacial score (nSPS) is 11.0. The van der Waals surface area contributed by atoms with Crippen LogP contribution in [0.2, 0.25) is 0 Å². The molecule has 0 saturated heterocycles. The molecule has 2 rings (SSSR count). The van der Waals surface area contributed by atoms with Gasteiger partial charge in [0.05, 0.1) is 0 Å². The van der Waals surface area contributed by atoms with Crippen molar-refractivity contribution in [3.8, 4) is 11.5 Å². The fraction of sp³-hybridized carbons (Fsp3) is 0.533. The molecule has 0 heterocycles. The van der Waals surface area contributed by atoms with E-state index in [0.29, 0.717) is 24.9 Å². The first kappa shape index (κ1) is 29.2. The zero-order valence-corrected chi connectivity index (χ0v) is 22.9. The number of benzene rings is 2. The van der Waals surface area contributed by atoms with Gasteiger partial charge in [-0.25, -0.2) is 0 Å². The molecule has 0 fully saturated rings. The highest BCUT2D eigenvalue weighted by Gasteiger charge is 2.11. The molecule has 0 radical (unpaired) electrons. The van der Waals surface area contributed by atoms with Gasteiger partial charge in [0, 0.05) is 13.1 Å². The molecule has 6 heteroatoms. The Kier molecular flexibility index (Phi) is 12.3. The van der Waals surface area contributed by atoms with Crippen molar-refractivity contribution < 1.29 is 19.1 Å². The molecule has 0 unspecified atom stereocenters. The van der Waals surface area contributed by atoms with Crippen LogP contribution in [-0.2, 0) is 9.59 Å².